The van der Waals surface area contributed by atoms with Crippen molar-refractivity contribution >= 4 is 0 Å². The molecule has 98 valence electrons. The smallest absolute Gasteiger partial charge is 0.0697 e. The molecule has 0 bridgehead atoms. The summed E-state index contributed by atoms with van der Waals surface area (Å²) in [5, 5.41) is 14.7. The molecule has 2 atom stereocenters. The van der Waals surface area contributed by atoms with Crippen LogP contribution in [-0.2, 0) is 11.2 Å². The molecule has 0 fully saturated rings. The van der Waals surface area contributed by atoms with Crippen molar-refractivity contribution in [2.45, 2.75) is 51.7 Å². The molecular weight excluding hydrogens is 216 g/mol. The fourth-order valence-electron chi connectivity index (χ4n) is 1.70. The summed E-state index contributed by atoms with van der Waals surface area (Å²) in [7, 11) is 1.65. The van der Waals surface area contributed by atoms with Crippen molar-refractivity contribution in [3.8, 4) is 0 Å². The van der Waals surface area contributed by atoms with Crippen molar-refractivity contribution in [1.82, 2.24) is 9.78 Å². The van der Waals surface area contributed by atoms with E-state index in [1.165, 1.54) is 0 Å². The summed E-state index contributed by atoms with van der Waals surface area (Å²) in [6, 6.07) is 2.39. The zero-order valence-electron chi connectivity index (χ0n) is 11.3. The van der Waals surface area contributed by atoms with Gasteiger partial charge in [-0.1, -0.05) is 6.92 Å². The first-order chi connectivity index (χ1) is 7.98. The molecule has 17 heavy (non-hydrogen) atoms. The number of aliphatic hydroxyl groups is 1. The predicted octanol–water partition coefficient (Wildman–Crippen LogP) is 2.18. The SMILES string of the molecule is CCC(C)n1ccc(CC(C)(O)CCOC)n1. The van der Waals surface area contributed by atoms with Gasteiger partial charge >= 0.3 is 0 Å². The normalized spacial score (nSPS) is 16.8. The lowest BCUT2D eigenvalue weighted by molar-refractivity contribution is 0.0240. The Morgan fingerprint density at radius 1 is 1.59 bits per heavy atom. The van der Waals surface area contributed by atoms with Crippen LogP contribution < -0.4 is 0 Å². The third-order valence-electron chi connectivity index (χ3n) is 3.11. The minimum absolute atomic E-state index is 0.410. The van der Waals surface area contributed by atoms with Crippen LogP contribution >= 0.6 is 0 Å². The Morgan fingerprint density at radius 3 is 2.88 bits per heavy atom. The van der Waals surface area contributed by atoms with Gasteiger partial charge in [-0.15, -0.1) is 0 Å². The van der Waals surface area contributed by atoms with Crippen molar-refractivity contribution < 1.29 is 9.84 Å². The molecule has 0 aliphatic carbocycles. The molecule has 0 radical (unpaired) electrons. The molecule has 1 heterocycles. The summed E-state index contributed by atoms with van der Waals surface area (Å²) >= 11 is 0. The average molecular weight is 240 g/mol. The molecule has 1 aromatic heterocycles. The van der Waals surface area contributed by atoms with Gasteiger partial charge in [-0.25, -0.2) is 0 Å². The van der Waals surface area contributed by atoms with Crippen LogP contribution in [0.4, 0.5) is 0 Å². The van der Waals surface area contributed by atoms with Gasteiger partial charge in [0.15, 0.2) is 0 Å². The first-order valence-electron chi connectivity index (χ1n) is 6.24. The Bertz CT molecular complexity index is 334. The maximum absolute atomic E-state index is 10.2. The number of rotatable bonds is 7. The second-order valence-corrected chi connectivity index (χ2v) is 4.96. The zero-order valence-corrected chi connectivity index (χ0v) is 11.3. The van der Waals surface area contributed by atoms with Crippen LogP contribution in [-0.4, -0.2) is 34.2 Å². The van der Waals surface area contributed by atoms with E-state index in [1.54, 1.807) is 7.11 Å². The zero-order chi connectivity index (χ0) is 12.9. The fourth-order valence-corrected chi connectivity index (χ4v) is 1.70. The van der Waals surface area contributed by atoms with E-state index in [2.05, 4.69) is 18.9 Å². The highest BCUT2D eigenvalue weighted by atomic mass is 16.5. The van der Waals surface area contributed by atoms with Crippen molar-refractivity contribution in [3.63, 3.8) is 0 Å². The minimum atomic E-state index is -0.745. The van der Waals surface area contributed by atoms with Gasteiger partial charge in [0, 0.05) is 32.4 Å². The second-order valence-electron chi connectivity index (χ2n) is 4.96. The van der Waals surface area contributed by atoms with E-state index in [1.807, 2.05) is 23.9 Å². The first-order valence-corrected chi connectivity index (χ1v) is 6.24. The lowest BCUT2D eigenvalue weighted by atomic mass is 9.97. The van der Waals surface area contributed by atoms with E-state index in [9.17, 15) is 5.11 Å². The summed E-state index contributed by atoms with van der Waals surface area (Å²) in [6.07, 6.45) is 4.23. The minimum Gasteiger partial charge on any atom is -0.390 e. The maximum atomic E-state index is 10.2. The van der Waals surface area contributed by atoms with Gasteiger partial charge in [-0.05, 0) is 32.8 Å². The summed E-state index contributed by atoms with van der Waals surface area (Å²) < 4.78 is 6.95. The molecule has 4 heteroatoms. The Hall–Kier alpha value is -0.870. The summed E-state index contributed by atoms with van der Waals surface area (Å²) in [6.45, 7) is 6.67. The third kappa shape index (κ3) is 4.48. The van der Waals surface area contributed by atoms with E-state index in [0.717, 1.165) is 12.1 Å². The van der Waals surface area contributed by atoms with E-state index in [4.69, 9.17) is 4.74 Å². The summed E-state index contributed by atoms with van der Waals surface area (Å²) in [5.41, 5.74) is 0.191. The first kappa shape index (κ1) is 14.2. The Morgan fingerprint density at radius 2 is 2.29 bits per heavy atom. The molecule has 2 unspecified atom stereocenters. The third-order valence-corrected chi connectivity index (χ3v) is 3.11. The predicted molar refractivity (Wildman–Crippen MR) is 68.0 cm³/mol. The lowest BCUT2D eigenvalue weighted by Gasteiger charge is -2.21. The van der Waals surface area contributed by atoms with Gasteiger partial charge in [0.2, 0.25) is 0 Å². The van der Waals surface area contributed by atoms with E-state index in [-0.39, 0.29) is 0 Å². The van der Waals surface area contributed by atoms with Crippen LogP contribution in [0.5, 0.6) is 0 Å². The molecule has 0 aliphatic rings. The number of hydrogen-bond donors (Lipinski definition) is 1. The highest BCUT2D eigenvalue weighted by Gasteiger charge is 2.22. The molecule has 0 saturated heterocycles. The van der Waals surface area contributed by atoms with E-state index in [0.29, 0.717) is 25.5 Å². The van der Waals surface area contributed by atoms with Crippen molar-refractivity contribution in [3.05, 3.63) is 18.0 Å². The van der Waals surface area contributed by atoms with E-state index < -0.39 is 5.60 Å². The number of nitrogens with zero attached hydrogens (tertiary/aromatic N) is 2. The molecule has 0 spiro atoms. The van der Waals surface area contributed by atoms with Gasteiger partial charge in [0.25, 0.3) is 0 Å². The quantitative estimate of drug-likeness (QED) is 0.794. The van der Waals surface area contributed by atoms with Crippen molar-refractivity contribution in [2.75, 3.05) is 13.7 Å². The van der Waals surface area contributed by atoms with Crippen LogP contribution in [0.25, 0.3) is 0 Å². The molecule has 1 rings (SSSR count). The molecule has 0 amide bonds. The number of ether oxygens (including phenoxy) is 1. The molecule has 1 aromatic rings. The van der Waals surface area contributed by atoms with Crippen LogP contribution in [0, 0.1) is 0 Å². The number of methoxy groups -OCH3 is 1. The molecule has 0 aromatic carbocycles. The molecule has 0 saturated carbocycles. The summed E-state index contributed by atoms with van der Waals surface area (Å²) in [5.74, 6) is 0. The summed E-state index contributed by atoms with van der Waals surface area (Å²) in [4.78, 5) is 0. The highest BCUT2D eigenvalue weighted by molar-refractivity contribution is 5.03. The van der Waals surface area contributed by atoms with Gasteiger partial charge in [0.1, 0.15) is 0 Å². The largest absolute Gasteiger partial charge is 0.390 e. The van der Waals surface area contributed by atoms with Crippen LogP contribution in [0.2, 0.25) is 0 Å². The Kier molecular flexibility index (Phi) is 5.15. The lowest BCUT2D eigenvalue weighted by Crippen LogP contribution is -2.29. The monoisotopic (exact) mass is 240 g/mol. The molecule has 4 nitrogen and oxygen atoms in total. The van der Waals surface area contributed by atoms with Crippen LogP contribution in [0.1, 0.15) is 45.3 Å². The van der Waals surface area contributed by atoms with Gasteiger partial charge in [-0.2, -0.15) is 5.10 Å². The van der Waals surface area contributed by atoms with Gasteiger partial charge in [-0.3, -0.25) is 4.68 Å². The van der Waals surface area contributed by atoms with Crippen LogP contribution in [0.3, 0.4) is 0 Å². The average Bonchev–Trinajstić information content (AvgIpc) is 2.73. The van der Waals surface area contributed by atoms with Gasteiger partial charge in [0.05, 0.1) is 11.3 Å². The maximum Gasteiger partial charge on any atom is 0.0697 e. The Balaban J connectivity index is 2.59. The second kappa shape index (κ2) is 6.17. The topological polar surface area (TPSA) is 47.3 Å². The number of aromatic nitrogens is 2. The fraction of sp³-hybridized carbons (Fsp3) is 0.769. The molecular formula is C13H24N2O2. The highest BCUT2D eigenvalue weighted by Crippen LogP contribution is 2.17. The molecule has 0 aliphatic heterocycles. The van der Waals surface area contributed by atoms with Crippen molar-refractivity contribution in [2.24, 2.45) is 0 Å². The molecule has 1 N–H and O–H groups in total. The number of hydrogen-bond acceptors (Lipinski definition) is 3. The van der Waals surface area contributed by atoms with Crippen molar-refractivity contribution in [1.29, 1.82) is 0 Å². The Labute approximate surface area is 104 Å². The van der Waals surface area contributed by atoms with Crippen LogP contribution in [0.15, 0.2) is 12.3 Å². The van der Waals surface area contributed by atoms with E-state index >= 15 is 0 Å². The van der Waals surface area contributed by atoms with Gasteiger partial charge < -0.3 is 9.84 Å². The standard InChI is InChI=1S/C13H24N2O2/c1-5-11(2)15-8-6-12(14-15)10-13(3,16)7-9-17-4/h6,8,11,16H,5,7,9-10H2,1-4H3.